The highest BCUT2D eigenvalue weighted by Gasteiger charge is 2.33. The van der Waals surface area contributed by atoms with Gasteiger partial charge in [-0.25, -0.2) is 0 Å². The number of hydrogen-bond donors (Lipinski definition) is 0. The maximum Gasteiger partial charge on any atom is 0.113 e. The van der Waals surface area contributed by atoms with E-state index in [9.17, 15) is 0 Å². The van der Waals surface area contributed by atoms with Gasteiger partial charge < -0.3 is 18.9 Å². The summed E-state index contributed by atoms with van der Waals surface area (Å²) in [4.78, 5) is 4.90. The van der Waals surface area contributed by atoms with Gasteiger partial charge >= 0.3 is 0 Å². The summed E-state index contributed by atoms with van der Waals surface area (Å²) in [5, 5.41) is 0. The molecule has 0 aliphatic carbocycles. The van der Waals surface area contributed by atoms with Gasteiger partial charge in [0.25, 0.3) is 0 Å². The van der Waals surface area contributed by atoms with Crippen molar-refractivity contribution in [2.24, 2.45) is 0 Å². The smallest absolute Gasteiger partial charge is 0.113 e. The second kappa shape index (κ2) is 7.54. The van der Waals surface area contributed by atoms with E-state index >= 15 is 0 Å². The second-order valence-electron chi connectivity index (χ2n) is 7.92. The third-order valence-corrected chi connectivity index (χ3v) is 5.43. The van der Waals surface area contributed by atoms with E-state index in [1.54, 1.807) is 0 Å². The molecule has 4 heterocycles. The van der Waals surface area contributed by atoms with Crippen molar-refractivity contribution in [2.75, 3.05) is 46.1 Å². The number of nitrogens with zero attached hydrogens (tertiary/aromatic N) is 2. The van der Waals surface area contributed by atoms with Crippen LogP contribution in [0.15, 0.2) is 24.3 Å². The molecule has 26 heavy (non-hydrogen) atoms. The van der Waals surface area contributed by atoms with Gasteiger partial charge in [0.05, 0.1) is 44.7 Å². The topological polar surface area (TPSA) is 53.3 Å². The third kappa shape index (κ3) is 4.82. The van der Waals surface area contributed by atoms with E-state index in [1.807, 2.05) is 0 Å². The van der Waals surface area contributed by atoms with Crippen LogP contribution in [-0.4, -0.2) is 80.4 Å². The van der Waals surface area contributed by atoms with E-state index in [0.29, 0.717) is 18.3 Å². The van der Waals surface area contributed by atoms with Crippen molar-refractivity contribution in [3.63, 3.8) is 0 Å². The lowest BCUT2D eigenvalue weighted by molar-refractivity contribution is -0.149. The minimum Gasteiger partial charge on any atom is -0.372 e. The van der Waals surface area contributed by atoms with Crippen LogP contribution in [0.1, 0.15) is 17.5 Å². The van der Waals surface area contributed by atoms with Gasteiger partial charge in [-0.3, -0.25) is 9.80 Å². The Hall–Kier alpha value is -1.02. The Kier molecular flexibility index (Phi) is 4.96. The minimum absolute atomic E-state index is 0.262. The molecule has 4 fully saturated rings. The molecule has 142 valence electrons. The number of epoxide rings is 3. The first-order chi connectivity index (χ1) is 12.8. The molecule has 6 nitrogen and oxygen atoms in total. The molecule has 0 N–H and O–H groups in total. The van der Waals surface area contributed by atoms with Crippen LogP contribution in [0.25, 0.3) is 0 Å². The van der Waals surface area contributed by atoms with Gasteiger partial charge in [0.1, 0.15) is 6.23 Å². The lowest BCUT2D eigenvalue weighted by atomic mass is 10.1. The van der Waals surface area contributed by atoms with Crippen molar-refractivity contribution in [1.82, 2.24) is 9.80 Å². The Bertz CT molecular complexity index is 598. The van der Waals surface area contributed by atoms with Crippen LogP contribution in [0.4, 0.5) is 0 Å². The third-order valence-electron chi connectivity index (χ3n) is 5.43. The zero-order valence-electron chi connectivity index (χ0n) is 15.2. The number of hydrogen-bond acceptors (Lipinski definition) is 6. The molecule has 4 atom stereocenters. The van der Waals surface area contributed by atoms with Crippen LogP contribution in [-0.2, 0) is 32.0 Å². The molecular weight excluding hydrogens is 332 g/mol. The summed E-state index contributed by atoms with van der Waals surface area (Å²) in [6.45, 7) is 8.45. The fraction of sp³-hybridized carbons (Fsp3) is 0.700. The van der Waals surface area contributed by atoms with Crippen LogP contribution in [0.2, 0.25) is 0 Å². The average molecular weight is 360 g/mol. The highest BCUT2D eigenvalue weighted by molar-refractivity contribution is 5.23. The molecule has 4 unspecified atom stereocenters. The van der Waals surface area contributed by atoms with Crippen molar-refractivity contribution in [3.05, 3.63) is 35.4 Å². The molecule has 0 aromatic heterocycles. The Labute approximate surface area is 154 Å². The average Bonchev–Trinajstić information content (AvgIpc) is 3.39. The van der Waals surface area contributed by atoms with Gasteiger partial charge in [-0.1, -0.05) is 24.3 Å². The summed E-state index contributed by atoms with van der Waals surface area (Å²) in [5.74, 6) is 0. The molecule has 6 heteroatoms. The van der Waals surface area contributed by atoms with E-state index in [2.05, 4.69) is 34.1 Å². The van der Waals surface area contributed by atoms with Gasteiger partial charge in [-0.2, -0.15) is 0 Å². The molecule has 0 amide bonds. The van der Waals surface area contributed by atoms with Crippen molar-refractivity contribution >= 4 is 0 Å². The summed E-state index contributed by atoms with van der Waals surface area (Å²) in [5.41, 5.74) is 2.71. The van der Waals surface area contributed by atoms with Crippen molar-refractivity contribution in [1.29, 1.82) is 0 Å². The molecule has 4 aliphatic heterocycles. The standard InChI is InChI=1S/C20H28N2O4/c1-2-15(7-21(9-17-12-24-17)10-18-13-25-18)6-16(3-1)8-22(11-19-14-26-19)20-4-5-23-20/h1-3,6,17-20H,4-5,7-14H2. The molecule has 0 spiro atoms. The first-order valence-electron chi connectivity index (χ1n) is 9.82. The molecule has 0 radical (unpaired) electrons. The number of rotatable bonds is 11. The van der Waals surface area contributed by atoms with Gasteiger partial charge in [0, 0.05) is 39.1 Å². The lowest BCUT2D eigenvalue weighted by Crippen LogP contribution is -2.45. The van der Waals surface area contributed by atoms with Crippen molar-refractivity contribution in [2.45, 2.75) is 44.1 Å². The van der Waals surface area contributed by atoms with Crippen molar-refractivity contribution in [3.8, 4) is 0 Å². The summed E-state index contributed by atoms with van der Waals surface area (Å²) in [7, 11) is 0. The largest absolute Gasteiger partial charge is 0.372 e. The van der Waals surface area contributed by atoms with Crippen LogP contribution in [0.3, 0.4) is 0 Å². The fourth-order valence-electron chi connectivity index (χ4n) is 3.68. The summed E-state index contributed by atoms with van der Waals surface area (Å²) in [6.07, 6.45) is 2.62. The molecule has 5 rings (SSSR count). The quantitative estimate of drug-likeness (QED) is 0.554. The van der Waals surface area contributed by atoms with Gasteiger partial charge in [-0.05, 0) is 11.1 Å². The Morgan fingerprint density at radius 3 is 1.92 bits per heavy atom. The molecular formula is C20H28N2O4. The zero-order chi connectivity index (χ0) is 17.3. The maximum atomic E-state index is 5.72. The zero-order valence-corrected chi connectivity index (χ0v) is 15.2. The predicted molar refractivity (Wildman–Crippen MR) is 95.7 cm³/mol. The number of benzene rings is 1. The molecule has 0 bridgehead atoms. The summed E-state index contributed by atoms with van der Waals surface area (Å²) >= 11 is 0. The van der Waals surface area contributed by atoms with Gasteiger partial charge in [-0.15, -0.1) is 0 Å². The van der Waals surface area contributed by atoms with Crippen LogP contribution in [0.5, 0.6) is 0 Å². The Morgan fingerprint density at radius 1 is 0.808 bits per heavy atom. The highest BCUT2D eigenvalue weighted by Crippen LogP contribution is 2.24. The lowest BCUT2D eigenvalue weighted by Gasteiger charge is -2.37. The Balaban J connectivity index is 1.21. The fourth-order valence-corrected chi connectivity index (χ4v) is 3.68. The van der Waals surface area contributed by atoms with E-state index in [-0.39, 0.29) is 6.23 Å². The predicted octanol–water partition coefficient (Wildman–Crippen LogP) is 1.23. The highest BCUT2D eigenvalue weighted by atomic mass is 16.6. The van der Waals surface area contributed by atoms with Crippen LogP contribution < -0.4 is 0 Å². The summed E-state index contributed by atoms with van der Waals surface area (Å²) < 4.78 is 22.0. The first kappa shape index (κ1) is 17.1. The molecule has 1 aromatic rings. The van der Waals surface area contributed by atoms with Crippen molar-refractivity contribution < 1.29 is 18.9 Å². The van der Waals surface area contributed by atoms with Gasteiger partial charge in [0.15, 0.2) is 0 Å². The van der Waals surface area contributed by atoms with E-state index in [0.717, 1.165) is 65.6 Å². The van der Waals surface area contributed by atoms with Gasteiger partial charge in [0.2, 0.25) is 0 Å². The minimum atomic E-state index is 0.262. The number of ether oxygens (including phenoxy) is 4. The SMILES string of the molecule is c1cc(CN(CC2CO2)CC2CO2)cc(CN(CC2CO2)C2CCO2)c1. The molecule has 4 saturated heterocycles. The monoisotopic (exact) mass is 360 g/mol. The van der Waals surface area contributed by atoms with E-state index in [1.165, 1.54) is 11.1 Å². The second-order valence-corrected chi connectivity index (χ2v) is 7.92. The molecule has 4 aliphatic rings. The van der Waals surface area contributed by atoms with E-state index < -0.39 is 0 Å². The van der Waals surface area contributed by atoms with Crippen LogP contribution >= 0.6 is 0 Å². The normalized spacial score (nSPS) is 31.9. The Morgan fingerprint density at radius 2 is 1.38 bits per heavy atom. The van der Waals surface area contributed by atoms with Crippen LogP contribution in [0, 0.1) is 0 Å². The van der Waals surface area contributed by atoms with E-state index in [4.69, 9.17) is 18.9 Å². The molecule has 1 aromatic carbocycles. The molecule has 0 saturated carbocycles. The first-order valence-corrected chi connectivity index (χ1v) is 9.82. The summed E-state index contributed by atoms with van der Waals surface area (Å²) in [6, 6.07) is 8.97. The maximum absolute atomic E-state index is 5.72.